The fourth-order valence-electron chi connectivity index (χ4n) is 4.00. The summed E-state index contributed by atoms with van der Waals surface area (Å²) in [5.41, 5.74) is 3.85. The second-order valence-electron chi connectivity index (χ2n) is 7.82. The van der Waals surface area contributed by atoms with E-state index in [-0.39, 0.29) is 6.10 Å². The molecule has 0 fully saturated rings. The third-order valence-electron chi connectivity index (χ3n) is 5.56. The van der Waals surface area contributed by atoms with E-state index in [1.54, 1.807) is 12.1 Å². The first-order valence-corrected chi connectivity index (χ1v) is 12.9. The summed E-state index contributed by atoms with van der Waals surface area (Å²) in [6, 6.07) is 26.8. The molecule has 2 atom stereocenters. The summed E-state index contributed by atoms with van der Waals surface area (Å²) >= 11 is 3.55. The van der Waals surface area contributed by atoms with E-state index < -0.39 is 15.9 Å². The van der Waals surface area contributed by atoms with Crippen LogP contribution in [0.15, 0.2) is 94.7 Å². The van der Waals surface area contributed by atoms with Crippen molar-refractivity contribution in [3.8, 4) is 0 Å². The number of aryl methyl sites for hydroxylation is 1. The third kappa shape index (κ3) is 4.84. The zero-order valence-electron chi connectivity index (χ0n) is 17.4. The van der Waals surface area contributed by atoms with Crippen molar-refractivity contribution < 1.29 is 13.2 Å². The van der Waals surface area contributed by atoms with E-state index in [2.05, 4.69) is 15.9 Å². The van der Waals surface area contributed by atoms with Crippen LogP contribution in [0.25, 0.3) is 5.57 Å². The average molecular weight is 497 g/mol. The Morgan fingerprint density at radius 3 is 2.13 bits per heavy atom. The molecule has 1 aliphatic rings. The maximum Gasteiger partial charge on any atom is 0.205 e. The van der Waals surface area contributed by atoms with E-state index in [9.17, 15) is 8.42 Å². The van der Waals surface area contributed by atoms with E-state index in [4.69, 9.17) is 4.74 Å². The molecule has 160 valence electrons. The van der Waals surface area contributed by atoms with Gasteiger partial charge in [0.25, 0.3) is 0 Å². The van der Waals surface area contributed by atoms with Gasteiger partial charge in [0.05, 0.1) is 22.0 Å². The topological polar surface area (TPSA) is 43.4 Å². The molecule has 3 aromatic rings. The molecule has 31 heavy (non-hydrogen) atoms. The quantitative estimate of drug-likeness (QED) is 0.394. The molecule has 4 rings (SSSR count). The van der Waals surface area contributed by atoms with Crippen LogP contribution in [0, 0.1) is 6.92 Å². The maximum atomic E-state index is 13.9. The van der Waals surface area contributed by atoms with Gasteiger partial charge in [-0.3, -0.25) is 0 Å². The molecule has 0 saturated heterocycles. The predicted molar refractivity (Wildman–Crippen MR) is 129 cm³/mol. The van der Waals surface area contributed by atoms with Crippen LogP contribution in [-0.2, 0) is 21.0 Å². The molecule has 0 amide bonds. The summed E-state index contributed by atoms with van der Waals surface area (Å²) in [7, 11) is -3.74. The van der Waals surface area contributed by atoms with Gasteiger partial charge in [0.2, 0.25) is 9.84 Å². The van der Waals surface area contributed by atoms with Crippen LogP contribution in [0.3, 0.4) is 0 Å². The molecule has 3 nitrogen and oxygen atoms in total. The summed E-state index contributed by atoms with van der Waals surface area (Å²) in [4.78, 5) is 0.684. The fourth-order valence-corrected chi connectivity index (χ4v) is 6.14. The molecule has 0 aromatic heterocycles. The van der Waals surface area contributed by atoms with Crippen molar-refractivity contribution in [3.63, 3.8) is 0 Å². The standard InChI is InChI=1S/C26H25BrO3S/c1-19-12-14-23(15-13-19)31(28,29)26-24(21-10-6-3-7-11-21)17-22(18-27)30-25(26)16-20-8-4-2-5-9-20/h2-15,22,25H,16-18H2,1H3/t22-,25+/m0/s1. The molecule has 1 aliphatic heterocycles. The lowest BCUT2D eigenvalue weighted by atomic mass is 9.93. The molecule has 5 heteroatoms. The number of benzene rings is 3. The predicted octanol–water partition coefficient (Wildman–Crippen LogP) is 5.98. The van der Waals surface area contributed by atoms with E-state index in [1.807, 2.05) is 79.7 Å². The van der Waals surface area contributed by atoms with Crippen LogP contribution in [0.2, 0.25) is 0 Å². The Labute approximate surface area is 192 Å². The van der Waals surface area contributed by atoms with Gasteiger partial charge in [0.1, 0.15) is 0 Å². The Kier molecular flexibility index (Phi) is 6.75. The summed E-state index contributed by atoms with van der Waals surface area (Å²) in [5, 5.41) is 0.645. The van der Waals surface area contributed by atoms with E-state index in [0.717, 1.165) is 22.3 Å². The van der Waals surface area contributed by atoms with Gasteiger partial charge in [0.15, 0.2) is 0 Å². The molecular formula is C26H25BrO3S. The first kappa shape index (κ1) is 22.0. The van der Waals surface area contributed by atoms with Crippen LogP contribution < -0.4 is 0 Å². The molecule has 0 radical (unpaired) electrons. The van der Waals surface area contributed by atoms with Crippen molar-refractivity contribution in [2.24, 2.45) is 0 Å². The molecule has 0 aliphatic carbocycles. The van der Waals surface area contributed by atoms with Crippen molar-refractivity contribution in [1.29, 1.82) is 0 Å². The monoisotopic (exact) mass is 496 g/mol. The molecule has 0 bridgehead atoms. The highest BCUT2D eigenvalue weighted by Crippen LogP contribution is 2.40. The lowest BCUT2D eigenvalue weighted by Crippen LogP contribution is -2.35. The van der Waals surface area contributed by atoms with Gasteiger partial charge in [-0.25, -0.2) is 8.42 Å². The van der Waals surface area contributed by atoms with Crippen molar-refractivity contribution in [2.75, 3.05) is 5.33 Å². The van der Waals surface area contributed by atoms with Crippen molar-refractivity contribution >= 4 is 31.3 Å². The highest BCUT2D eigenvalue weighted by molar-refractivity contribution is 9.09. The fraction of sp³-hybridized carbons (Fsp3) is 0.231. The zero-order chi connectivity index (χ0) is 21.8. The second-order valence-corrected chi connectivity index (χ2v) is 10.4. The number of rotatable bonds is 6. The molecule has 3 aromatic carbocycles. The van der Waals surface area contributed by atoms with Crippen LogP contribution in [0.1, 0.15) is 23.1 Å². The molecular weight excluding hydrogens is 472 g/mol. The van der Waals surface area contributed by atoms with E-state index >= 15 is 0 Å². The zero-order valence-corrected chi connectivity index (χ0v) is 19.8. The Morgan fingerprint density at radius 2 is 1.52 bits per heavy atom. The van der Waals surface area contributed by atoms with Gasteiger partial charge < -0.3 is 4.74 Å². The molecule has 0 saturated carbocycles. The molecule has 1 heterocycles. The average Bonchev–Trinajstić information content (AvgIpc) is 2.80. The minimum atomic E-state index is -3.74. The molecule has 0 N–H and O–H groups in total. The second kappa shape index (κ2) is 9.51. The highest BCUT2D eigenvalue weighted by Gasteiger charge is 2.38. The van der Waals surface area contributed by atoms with Gasteiger partial charge in [0, 0.05) is 18.2 Å². The minimum Gasteiger partial charge on any atom is -0.368 e. The summed E-state index contributed by atoms with van der Waals surface area (Å²) in [5.74, 6) is 0. The minimum absolute atomic E-state index is 0.0964. The van der Waals surface area contributed by atoms with Gasteiger partial charge in [-0.15, -0.1) is 0 Å². The Bertz CT molecular complexity index is 1150. The summed E-state index contributed by atoms with van der Waals surface area (Å²) in [6.07, 6.45) is 0.392. The number of alkyl halides is 1. The van der Waals surface area contributed by atoms with Gasteiger partial charge >= 0.3 is 0 Å². The van der Waals surface area contributed by atoms with Crippen LogP contribution in [0.5, 0.6) is 0 Å². The first-order chi connectivity index (χ1) is 15.0. The summed E-state index contributed by atoms with van der Waals surface area (Å²) in [6.45, 7) is 1.95. The van der Waals surface area contributed by atoms with Gasteiger partial charge in [-0.2, -0.15) is 0 Å². The van der Waals surface area contributed by atoms with Crippen LogP contribution in [0.4, 0.5) is 0 Å². The van der Waals surface area contributed by atoms with Crippen LogP contribution >= 0.6 is 15.9 Å². The van der Waals surface area contributed by atoms with Gasteiger partial charge in [-0.1, -0.05) is 94.3 Å². The molecule has 0 spiro atoms. The first-order valence-electron chi connectivity index (χ1n) is 10.3. The number of sulfone groups is 1. The van der Waals surface area contributed by atoms with Crippen LogP contribution in [-0.4, -0.2) is 26.0 Å². The SMILES string of the molecule is Cc1ccc(S(=O)(=O)C2=C(c3ccccc3)C[C@@H](CBr)O[C@@H]2Cc2ccccc2)cc1. The smallest absolute Gasteiger partial charge is 0.205 e. The lowest BCUT2D eigenvalue weighted by molar-refractivity contribution is 0.0212. The molecule has 0 unspecified atom stereocenters. The Morgan fingerprint density at radius 1 is 0.903 bits per heavy atom. The summed E-state index contributed by atoms with van der Waals surface area (Å²) < 4.78 is 34.2. The Balaban J connectivity index is 1.90. The Hall–Kier alpha value is -2.21. The van der Waals surface area contributed by atoms with Crippen molar-refractivity contribution in [3.05, 3.63) is 107 Å². The van der Waals surface area contributed by atoms with Gasteiger partial charge in [-0.05, 0) is 35.8 Å². The lowest BCUT2D eigenvalue weighted by Gasteiger charge is -2.34. The van der Waals surface area contributed by atoms with Crippen molar-refractivity contribution in [2.45, 2.75) is 36.9 Å². The maximum absolute atomic E-state index is 13.9. The van der Waals surface area contributed by atoms with E-state index in [0.29, 0.717) is 28.0 Å². The number of ether oxygens (including phenoxy) is 1. The third-order valence-corrected chi connectivity index (χ3v) is 8.26. The highest BCUT2D eigenvalue weighted by atomic mass is 79.9. The number of hydrogen-bond donors (Lipinski definition) is 0. The van der Waals surface area contributed by atoms with E-state index in [1.165, 1.54) is 0 Å². The number of hydrogen-bond acceptors (Lipinski definition) is 3. The van der Waals surface area contributed by atoms with Crippen molar-refractivity contribution in [1.82, 2.24) is 0 Å². The number of halogens is 1. The normalized spacial score (nSPS) is 19.4. The largest absolute Gasteiger partial charge is 0.368 e.